The summed E-state index contributed by atoms with van der Waals surface area (Å²) < 4.78 is 34.9. The van der Waals surface area contributed by atoms with Gasteiger partial charge in [-0.15, -0.1) is 0 Å². The van der Waals surface area contributed by atoms with Gasteiger partial charge in [-0.25, -0.2) is 8.42 Å². The number of furan rings is 1. The predicted molar refractivity (Wildman–Crippen MR) is 94.1 cm³/mol. The summed E-state index contributed by atoms with van der Waals surface area (Å²) in [6.45, 7) is 1.95. The van der Waals surface area contributed by atoms with Crippen LogP contribution in [0.2, 0.25) is 0 Å². The molecule has 0 spiro atoms. The monoisotopic (exact) mass is 387 g/mol. The van der Waals surface area contributed by atoms with Gasteiger partial charge in [-0.3, -0.25) is 9.59 Å². The van der Waals surface area contributed by atoms with Gasteiger partial charge in [-0.1, -0.05) is 0 Å². The van der Waals surface area contributed by atoms with Gasteiger partial charge in [0.05, 0.1) is 19.1 Å². The van der Waals surface area contributed by atoms with E-state index in [1.807, 2.05) is 0 Å². The number of hydrogen-bond acceptors (Lipinski definition) is 6. The lowest BCUT2D eigenvalue weighted by atomic mass is 10.2. The molecule has 0 aromatic carbocycles. The fourth-order valence-corrected chi connectivity index (χ4v) is 3.52. The van der Waals surface area contributed by atoms with Crippen LogP contribution >= 0.6 is 0 Å². The molecular weight excluding hydrogens is 362 g/mol. The molecule has 1 fully saturated rings. The Morgan fingerprint density at radius 2 is 1.88 bits per heavy atom. The SMILES string of the molecule is COCCCN(CC(=O)N1CCN(C(=O)c2ccco2)CC1)S(C)(=O)=O. The van der Waals surface area contributed by atoms with Gasteiger partial charge in [0, 0.05) is 46.4 Å². The predicted octanol–water partition coefficient (Wildman–Crippen LogP) is -0.138. The van der Waals surface area contributed by atoms with Gasteiger partial charge in [0.25, 0.3) is 5.91 Å². The lowest BCUT2D eigenvalue weighted by Gasteiger charge is -2.35. The molecule has 10 heteroatoms. The Bertz CT molecular complexity index is 696. The molecular formula is C16H25N3O6S. The van der Waals surface area contributed by atoms with Crippen LogP contribution in [0.4, 0.5) is 0 Å². The van der Waals surface area contributed by atoms with Crippen molar-refractivity contribution in [2.45, 2.75) is 6.42 Å². The zero-order valence-electron chi connectivity index (χ0n) is 15.1. The first-order chi connectivity index (χ1) is 12.3. The van der Waals surface area contributed by atoms with E-state index in [4.69, 9.17) is 9.15 Å². The van der Waals surface area contributed by atoms with Crippen LogP contribution in [0.5, 0.6) is 0 Å². The van der Waals surface area contributed by atoms with Crippen molar-refractivity contribution < 1.29 is 27.2 Å². The maximum absolute atomic E-state index is 12.5. The molecule has 0 aliphatic carbocycles. The standard InChI is InChI=1S/C16H25N3O6S/c1-24-11-4-6-19(26(2,22)23)13-15(20)17-7-9-18(10-8-17)16(21)14-5-3-12-25-14/h3,5,12H,4,6-11,13H2,1-2H3. The molecule has 1 aliphatic heterocycles. The van der Waals surface area contributed by atoms with Crippen LogP contribution in [0.15, 0.2) is 22.8 Å². The van der Waals surface area contributed by atoms with Crippen LogP contribution in [0.1, 0.15) is 17.0 Å². The van der Waals surface area contributed by atoms with Crippen LogP contribution in [0.25, 0.3) is 0 Å². The second kappa shape index (κ2) is 9.15. The van der Waals surface area contributed by atoms with Crippen molar-refractivity contribution in [2.24, 2.45) is 0 Å². The van der Waals surface area contributed by atoms with E-state index >= 15 is 0 Å². The van der Waals surface area contributed by atoms with Crippen molar-refractivity contribution in [1.82, 2.24) is 14.1 Å². The summed E-state index contributed by atoms with van der Waals surface area (Å²) >= 11 is 0. The number of methoxy groups -OCH3 is 1. The summed E-state index contributed by atoms with van der Waals surface area (Å²) in [6, 6.07) is 3.25. The summed E-state index contributed by atoms with van der Waals surface area (Å²) in [5, 5.41) is 0. The van der Waals surface area contributed by atoms with Gasteiger partial charge < -0.3 is 19.0 Å². The van der Waals surface area contributed by atoms with Gasteiger partial charge >= 0.3 is 0 Å². The largest absolute Gasteiger partial charge is 0.459 e. The first-order valence-electron chi connectivity index (χ1n) is 8.37. The zero-order valence-corrected chi connectivity index (χ0v) is 15.9. The maximum atomic E-state index is 12.5. The molecule has 26 heavy (non-hydrogen) atoms. The van der Waals surface area contributed by atoms with Gasteiger partial charge in [-0.05, 0) is 18.6 Å². The van der Waals surface area contributed by atoms with Gasteiger partial charge in [0.15, 0.2) is 5.76 Å². The Morgan fingerprint density at radius 3 is 2.42 bits per heavy atom. The molecule has 2 rings (SSSR count). The van der Waals surface area contributed by atoms with Crippen molar-refractivity contribution in [3.05, 3.63) is 24.2 Å². The van der Waals surface area contributed by atoms with Crippen LogP contribution in [-0.4, -0.2) is 93.6 Å². The molecule has 1 aromatic heterocycles. The quantitative estimate of drug-likeness (QED) is 0.576. The van der Waals surface area contributed by atoms with E-state index in [2.05, 4.69) is 0 Å². The molecule has 0 unspecified atom stereocenters. The zero-order chi connectivity index (χ0) is 19.2. The number of sulfonamides is 1. The first-order valence-corrected chi connectivity index (χ1v) is 10.2. The minimum absolute atomic E-state index is 0.200. The minimum atomic E-state index is -3.48. The van der Waals surface area contributed by atoms with E-state index in [0.717, 1.165) is 10.6 Å². The van der Waals surface area contributed by atoms with E-state index in [1.165, 1.54) is 6.26 Å². The average molecular weight is 387 g/mol. The third kappa shape index (κ3) is 5.55. The number of ether oxygens (including phenoxy) is 1. The highest BCUT2D eigenvalue weighted by Crippen LogP contribution is 2.10. The molecule has 0 radical (unpaired) electrons. The lowest BCUT2D eigenvalue weighted by molar-refractivity contribution is -0.132. The fourth-order valence-electron chi connectivity index (χ4n) is 2.71. The second-order valence-corrected chi connectivity index (χ2v) is 8.08. The third-order valence-corrected chi connectivity index (χ3v) is 5.44. The van der Waals surface area contributed by atoms with Crippen LogP contribution in [-0.2, 0) is 19.6 Å². The molecule has 0 saturated carbocycles. The van der Waals surface area contributed by atoms with Crippen LogP contribution < -0.4 is 0 Å². The van der Waals surface area contributed by atoms with Crippen molar-refractivity contribution in [3.63, 3.8) is 0 Å². The molecule has 0 bridgehead atoms. The summed E-state index contributed by atoms with van der Waals surface area (Å²) in [4.78, 5) is 27.9. The Hall–Kier alpha value is -1.91. The number of carbonyl (C=O) groups excluding carboxylic acids is 2. The third-order valence-electron chi connectivity index (χ3n) is 4.19. The van der Waals surface area contributed by atoms with Crippen molar-refractivity contribution >= 4 is 21.8 Å². The molecule has 9 nitrogen and oxygen atoms in total. The summed E-state index contributed by atoms with van der Waals surface area (Å²) in [6.07, 6.45) is 3.05. The number of rotatable bonds is 8. The van der Waals surface area contributed by atoms with Crippen LogP contribution in [0.3, 0.4) is 0 Å². The van der Waals surface area contributed by atoms with E-state index in [1.54, 1.807) is 29.0 Å². The molecule has 2 amide bonds. The van der Waals surface area contributed by atoms with E-state index in [9.17, 15) is 18.0 Å². The number of amides is 2. The molecule has 146 valence electrons. The van der Waals surface area contributed by atoms with E-state index < -0.39 is 10.0 Å². The summed E-state index contributed by atoms with van der Waals surface area (Å²) in [5.74, 6) is -0.205. The molecule has 0 N–H and O–H groups in total. The summed E-state index contributed by atoms with van der Waals surface area (Å²) in [7, 11) is -1.94. The van der Waals surface area contributed by atoms with E-state index in [-0.39, 0.29) is 30.7 Å². The smallest absolute Gasteiger partial charge is 0.289 e. The normalized spacial score (nSPS) is 15.5. The maximum Gasteiger partial charge on any atom is 0.289 e. The average Bonchev–Trinajstić information content (AvgIpc) is 3.14. The Kier molecular flexibility index (Phi) is 7.18. The highest BCUT2D eigenvalue weighted by Gasteiger charge is 2.28. The molecule has 1 aliphatic rings. The van der Waals surface area contributed by atoms with Crippen LogP contribution in [0, 0.1) is 0 Å². The number of piperazine rings is 1. The van der Waals surface area contributed by atoms with Gasteiger partial charge in [0.2, 0.25) is 15.9 Å². The number of carbonyl (C=O) groups is 2. The first kappa shape index (κ1) is 20.4. The lowest BCUT2D eigenvalue weighted by Crippen LogP contribution is -2.53. The number of hydrogen-bond donors (Lipinski definition) is 0. The highest BCUT2D eigenvalue weighted by molar-refractivity contribution is 7.88. The topological polar surface area (TPSA) is 100 Å². The molecule has 1 saturated heterocycles. The molecule has 2 heterocycles. The molecule has 1 aromatic rings. The second-order valence-electron chi connectivity index (χ2n) is 6.09. The Labute approximate surface area is 153 Å². The Balaban J connectivity index is 1.87. The Morgan fingerprint density at radius 1 is 1.23 bits per heavy atom. The highest BCUT2D eigenvalue weighted by atomic mass is 32.2. The van der Waals surface area contributed by atoms with Crippen molar-refractivity contribution in [2.75, 3.05) is 59.2 Å². The summed E-state index contributed by atoms with van der Waals surface area (Å²) in [5.41, 5.74) is 0. The fraction of sp³-hybridized carbons (Fsp3) is 0.625. The van der Waals surface area contributed by atoms with E-state index in [0.29, 0.717) is 39.2 Å². The van der Waals surface area contributed by atoms with Crippen molar-refractivity contribution in [3.8, 4) is 0 Å². The number of nitrogens with zero attached hydrogens (tertiary/aromatic N) is 3. The van der Waals surface area contributed by atoms with Gasteiger partial charge in [-0.2, -0.15) is 4.31 Å². The molecule has 0 atom stereocenters. The van der Waals surface area contributed by atoms with Gasteiger partial charge in [0.1, 0.15) is 0 Å². The van der Waals surface area contributed by atoms with Crippen molar-refractivity contribution in [1.29, 1.82) is 0 Å². The minimum Gasteiger partial charge on any atom is -0.459 e.